The van der Waals surface area contributed by atoms with Crippen LogP contribution in [0.5, 0.6) is 5.75 Å². The molecule has 0 saturated heterocycles. The average molecular weight is 420 g/mol. The highest BCUT2D eigenvalue weighted by Gasteiger charge is 2.19. The van der Waals surface area contributed by atoms with Crippen LogP contribution < -0.4 is 10.1 Å². The smallest absolute Gasteiger partial charge is 0.258 e. The number of hydrogen-bond acceptors (Lipinski definition) is 3. The van der Waals surface area contributed by atoms with Crippen LogP contribution in [0.15, 0.2) is 78.9 Å². The Labute approximate surface area is 180 Å². The topological polar surface area (TPSA) is 56.1 Å². The fourth-order valence-electron chi connectivity index (χ4n) is 3.40. The van der Waals surface area contributed by atoms with Gasteiger partial charge >= 0.3 is 0 Å². The Kier molecular flexibility index (Phi) is 6.00. The average Bonchev–Trinajstić information content (AvgIpc) is 3.13. The first-order valence-electron chi connectivity index (χ1n) is 9.77. The van der Waals surface area contributed by atoms with Crippen LogP contribution in [0.1, 0.15) is 24.4 Å². The minimum absolute atomic E-state index is 0.0565. The Balaban J connectivity index is 1.55. The van der Waals surface area contributed by atoms with E-state index in [9.17, 15) is 4.79 Å². The number of halogens is 1. The van der Waals surface area contributed by atoms with Crippen LogP contribution in [0, 0.1) is 0 Å². The fraction of sp³-hybridized carbons (Fsp3) is 0.167. The van der Waals surface area contributed by atoms with Crippen molar-refractivity contribution >= 4 is 28.5 Å². The molecule has 0 bridgehead atoms. The molecule has 0 aliphatic rings. The predicted molar refractivity (Wildman–Crippen MR) is 119 cm³/mol. The van der Waals surface area contributed by atoms with Gasteiger partial charge < -0.3 is 14.6 Å². The Morgan fingerprint density at radius 1 is 1.03 bits per heavy atom. The zero-order valence-corrected chi connectivity index (χ0v) is 17.3. The van der Waals surface area contributed by atoms with Crippen LogP contribution in [-0.2, 0) is 11.3 Å². The number of nitrogens with one attached hydrogen (secondary N) is 1. The van der Waals surface area contributed by atoms with E-state index in [0.717, 1.165) is 22.4 Å². The number of hydrogen-bond donors (Lipinski definition) is 1. The summed E-state index contributed by atoms with van der Waals surface area (Å²) in [7, 11) is 0. The monoisotopic (exact) mass is 419 g/mol. The summed E-state index contributed by atoms with van der Waals surface area (Å²) in [4.78, 5) is 17.2. The van der Waals surface area contributed by atoms with Gasteiger partial charge in [-0.15, -0.1) is 0 Å². The van der Waals surface area contributed by atoms with Gasteiger partial charge in [0.15, 0.2) is 6.61 Å². The van der Waals surface area contributed by atoms with E-state index in [1.165, 1.54) is 0 Å². The molecule has 0 radical (unpaired) electrons. The molecule has 1 amide bonds. The largest absolute Gasteiger partial charge is 0.484 e. The summed E-state index contributed by atoms with van der Waals surface area (Å²) < 4.78 is 7.65. The van der Waals surface area contributed by atoms with Crippen molar-refractivity contribution in [2.75, 3.05) is 6.61 Å². The van der Waals surface area contributed by atoms with Crippen molar-refractivity contribution in [3.63, 3.8) is 0 Å². The van der Waals surface area contributed by atoms with Crippen molar-refractivity contribution in [2.45, 2.75) is 19.5 Å². The second kappa shape index (κ2) is 9.01. The van der Waals surface area contributed by atoms with Gasteiger partial charge in [-0.3, -0.25) is 4.79 Å². The van der Waals surface area contributed by atoms with E-state index in [1.54, 1.807) is 0 Å². The predicted octanol–water partition coefficient (Wildman–Crippen LogP) is 4.99. The van der Waals surface area contributed by atoms with Crippen molar-refractivity contribution in [3.8, 4) is 5.75 Å². The van der Waals surface area contributed by atoms with Gasteiger partial charge in [0.25, 0.3) is 5.91 Å². The number of ether oxygens (including phenoxy) is 1. The number of carbonyl (C=O) groups excluding carboxylic acids is 1. The molecule has 4 aromatic rings. The molecule has 0 saturated carbocycles. The highest BCUT2D eigenvalue weighted by atomic mass is 35.5. The van der Waals surface area contributed by atoms with Crippen molar-refractivity contribution < 1.29 is 9.53 Å². The van der Waals surface area contributed by atoms with E-state index in [2.05, 4.69) is 9.88 Å². The van der Waals surface area contributed by atoms with Crippen LogP contribution in [-0.4, -0.2) is 22.1 Å². The van der Waals surface area contributed by atoms with Crippen molar-refractivity contribution in [3.05, 3.63) is 95.3 Å². The lowest BCUT2D eigenvalue weighted by Gasteiger charge is -2.17. The number of imidazole rings is 1. The number of fused-ring (bicyclic) bond motifs is 1. The number of benzene rings is 3. The minimum atomic E-state index is -0.299. The lowest BCUT2D eigenvalue weighted by molar-refractivity contribution is -0.123. The van der Waals surface area contributed by atoms with Crippen LogP contribution in [0.2, 0.25) is 5.02 Å². The van der Waals surface area contributed by atoms with Gasteiger partial charge in [-0.2, -0.15) is 0 Å². The second-order valence-corrected chi connectivity index (χ2v) is 7.43. The van der Waals surface area contributed by atoms with Crippen LogP contribution in [0.25, 0.3) is 11.0 Å². The quantitative estimate of drug-likeness (QED) is 0.459. The van der Waals surface area contributed by atoms with Gasteiger partial charge in [0.05, 0.1) is 23.6 Å². The normalized spacial score (nSPS) is 11.9. The first-order chi connectivity index (χ1) is 14.6. The maximum Gasteiger partial charge on any atom is 0.258 e. The molecular formula is C24H22ClN3O2. The Morgan fingerprint density at radius 2 is 1.73 bits per heavy atom. The SMILES string of the molecule is CC(NC(=O)COc1ccccc1)c1nc2ccccc2n1Cc1ccccc1Cl. The van der Waals surface area contributed by atoms with Gasteiger partial charge in [0.2, 0.25) is 0 Å². The molecule has 1 unspecified atom stereocenters. The van der Waals surface area contributed by atoms with E-state index in [4.69, 9.17) is 21.3 Å². The number of para-hydroxylation sites is 3. The molecule has 0 aliphatic carbocycles. The lowest BCUT2D eigenvalue weighted by Crippen LogP contribution is -2.32. The number of rotatable bonds is 7. The van der Waals surface area contributed by atoms with E-state index < -0.39 is 0 Å². The lowest BCUT2D eigenvalue weighted by atomic mass is 10.2. The third-order valence-corrected chi connectivity index (χ3v) is 5.22. The third-order valence-electron chi connectivity index (χ3n) is 4.85. The van der Waals surface area contributed by atoms with Crippen LogP contribution in [0.4, 0.5) is 0 Å². The molecule has 0 fully saturated rings. The molecule has 1 atom stereocenters. The first-order valence-corrected chi connectivity index (χ1v) is 10.2. The molecule has 0 aliphatic heterocycles. The Morgan fingerprint density at radius 3 is 2.53 bits per heavy atom. The Bertz CT molecular complexity index is 1160. The zero-order chi connectivity index (χ0) is 20.9. The molecule has 6 heteroatoms. The molecule has 5 nitrogen and oxygen atoms in total. The zero-order valence-electron chi connectivity index (χ0n) is 16.6. The van der Waals surface area contributed by atoms with Gasteiger partial charge in [-0.1, -0.05) is 60.1 Å². The third kappa shape index (κ3) is 4.47. The van der Waals surface area contributed by atoms with Gasteiger partial charge in [-0.05, 0) is 42.8 Å². The van der Waals surface area contributed by atoms with Crippen molar-refractivity contribution in [2.24, 2.45) is 0 Å². The fourth-order valence-corrected chi connectivity index (χ4v) is 3.60. The summed E-state index contributed by atoms with van der Waals surface area (Å²) in [6.45, 7) is 2.43. The molecular weight excluding hydrogens is 398 g/mol. The van der Waals surface area contributed by atoms with Crippen molar-refractivity contribution in [1.82, 2.24) is 14.9 Å². The summed E-state index contributed by atoms with van der Waals surface area (Å²) >= 11 is 6.39. The number of nitrogens with zero attached hydrogens (tertiary/aromatic N) is 2. The first kappa shape index (κ1) is 20.0. The van der Waals surface area contributed by atoms with Crippen molar-refractivity contribution in [1.29, 1.82) is 0 Å². The van der Waals surface area contributed by atoms with Crippen LogP contribution in [0.3, 0.4) is 0 Å². The second-order valence-electron chi connectivity index (χ2n) is 7.03. The summed E-state index contributed by atoms with van der Waals surface area (Å²) in [6.07, 6.45) is 0. The molecule has 1 heterocycles. The maximum absolute atomic E-state index is 12.4. The summed E-state index contributed by atoms with van der Waals surface area (Å²) in [5.74, 6) is 1.22. The summed E-state index contributed by atoms with van der Waals surface area (Å²) in [6, 6.07) is 24.7. The number of carbonyl (C=O) groups is 1. The highest BCUT2D eigenvalue weighted by molar-refractivity contribution is 6.31. The standard InChI is InChI=1S/C24H22ClN3O2/c1-17(26-23(29)16-30-19-10-3-2-4-11-19)24-27-21-13-7-8-14-22(21)28(24)15-18-9-5-6-12-20(18)25/h2-14,17H,15-16H2,1H3,(H,26,29). The maximum atomic E-state index is 12.4. The van der Waals surface area contributed by atoms with Gasteiger partial charge in [-0.25, -0.2) is 4.98 Å². The molecule has 0 spiro atoms. The molecule has 4 rings (SSSR count). The van der Waals surface area contributed by atoms with E-state index >= 15 is 0 Å². The van der Waals surface area contributed by atoms with Gasteiger partial charge in [0, 0.05) is 5.02 Å². The summed E-state index contributed by atoms with van der Waals surface area (Å²) in [5, 5.41) is 3.69. The molecule has 30 heavy (non-hydrogen) atoms. The molecule has 1 N–H and O–H groups in total. The van der Waals surface area contributed by atoms with Crippen LogP contribution >= 0.6 is 11.6 Å². The molecule has 1 aromatic heterocycles. The van der Waals surface area contributed by atoms with E-state index in [0.29, 0.717) is 17.3 Å². The van der Waals surface area contributed by atoms with Gasteiger partial charge in [0.1, 0.15) is 11.6 Å². The number of amides is 1. The van der Waals surface area contributed by atoms with E-state index in [-0.39, 0.29) is 18.6 Å². The molecule has 152 valence electrons. The summed E-state index contributed by atoms with van der Waals surface area (Å²) in [5.41, 5.74) is 2.87. The minimum Gasteiger partial charge on any atom is -0.484 e. The molecule has 3 aromatic carbocycles. The Hall–Kier alpha value is -3.31. The van der Waals surface area contributed by atoms with E-state index in [1.807, 2.05) is 85.8 Å². The highest BCUT2D eigenvalue weighted by Crippen LogP contribution is 2.24. The number of aromatic nitrogens is 2.